The number of carbonyl (C=O) groups excluding carboxylic acids is 1. The highest BCUT2D eigenvalue weighted by molar-refractivity contribution is 5.93. The summed E-state index contributed by atoms with van der Waals surface area (Å²) in [6.07, 6.45) is -4.83. The molecule has 21 heavy (non-hydrogen) atoms. The lowest BCUT2D eigenvalue weighted by Crippen LogP contribution is -2.49. The molecule has 0 aliphatic carbocycles. The number of alkyl halides is 3. The monoisotopic (exact) mass is 303 g/mol. The highest BCUT2D eigenvalue weighted by Crippen LogP contribution is 2.27. The van der Waals surface area contributed by atoms with Gasteiger partial charge in [-0.3, -0.25) is 4.79 Å². The summed E-state index contributed by atoms with van der Waals surface area (Å²) >= 11 is 0. The number of amides is 1. The lowest BCUT2D eigenvalue weighted by atomic mass is 10.2. The molecule has 0 saturated carbocycles. The third kappa shape index (κ3) is 3.63. The Hall–Kier alpha value is -1.83. The van der Waals surface area contributed by atoms with E-state index in [0.717, 1.165) is 0 Å². The summed E-state index contributed by atoms with van der Waals surface area (Å²) in [5.41, 5.74) is 0.393. The summed E-state index contributed by atoms with van der Waals surface area (Å²) in [6, 6.07) is 3.11. The summed E-state index contributed by atoms with van der Waals surface area (Å²) in [5.74, 6) is 0.201. The van der Waals surface area contributed by atoms with Gasteiger partial charge in [-0.2, -0.15) is 13.2 Å². The highest BCUT2D eigenvalue weighted by Gasteiger charge is 2.43. The molecule has 0 aromatic carbocycles. The van der Waals surface area contributed by atoms with Crippen molar-refractivity contribution in [1.29, 1.82) is 0 Å². The minimum absolute atomic E-state index is 0.00969. The van der Waals surface area contributed by atoms with Crippen LogP contribution in [0.1, 0.15) is 10.4 Å². The highest BCUT2D eigenvalue weighted by atomic mass is 19.4. The number of rotatable bonds is 2. The van der Waals surface area contributed by atoms with Gasteiger partial charge in [0.2, 0.25) is 0 Å². The van der Waals surface area contributed by atoms with Gasteiger partial charge in [0.15, 0.2) is 6.10 Å². The van der Waals surface area contributed by atoms with Gasteiger partial charge >= 0.3 is 6.18 Å². The first-order chi connectivity index (χ1) is 9.79. The number of morpholine rings is 1. The number of nitrogens with zero attached hydrogens (tertiary/aromatic N) is 3. The van der Waals surface area contributed by atoms with Crippen LogP contribution in [0.5, 0.6) is 0 Å². The zero-order valence-electron chi connectivity index (χ0n) is 11.7. The summed E-state index contributed by atoms with van der Waals surface area (Å²) in [7, 11) is 3.23. The van der Waals surface area contributed by atoms with Crippen molar-refractivity contribution in [3.05, 3.63) is 23.9 Å². The third-order valence-electron chi connectivity index (χ3n) is 3.16. The first kappa shape index (κ1) is 15.6. The van der Waals surface area contributed by atoms with E-state index in [1.807, 2.05) is 0 Å². The van der Waals surface area contributed by atoms with Crippen LogP contribution in [0.3, 0.4) is 0 Å². The van der Waals surface area contributed by atoms with Crippen molar-refractivity contribution in [2.24, 2.45) is 0 Å². The Morgan fingerprint density at radius 3 is 2.67 bits per heavy atom. The Balaban J connectivity index is 2.10. The number of anilines is 1. The van der Waals surface area contributed by atoms with Crippen molar-refractivity contribution >= 4 is 11.7 Å². The first-order valence-electron chi connectivity index (χ1n) is 6.40. The summed E-state index contributed by atoms with van der Waals surface area (Å²) < 4.78 is 42.7. The molecule has 1 fully saturated rings. The molecule has 1 atom stereocenters. The molecule has 2 rings (SSSR count). The van der Waals surface area contributed by atoms with Crippen LogP contribution in [0.4, 0.5) is 19.0 Å². The van der Waals surface area contributed by atoms with Gasteiger partial charge in [0.05, 0.1) is 18.7 Å². The van der Waals surface area contributed by atoms with Gasteiger partial charge in [-0.05, 0) is 12.1 Å². The van der Waals surface area contributed by atoms with Crippen molar-refractivity contribution < 1.29 is 22.7 Å². The topological polar surface area (TPSA) is 45.7 Å². The Morgan fingerprint density at radius 1 is 1.43 bits per heavy atom. The minimum atomic E-state index is -4.39. The van der Waals surface area contributed by atoms with Crippen molar-refractivity contribution in [2.45, 2.75) is 12.3 Å². The van der Waals surface area contributed by atoms with Crippen LogP contribution in [-0.2, 0) is 4.74 Å². The molecule has 0 bridgehead atoms. The van der Waals surface area contributed by atoms with E-state index in [2.05, 4.69) is 4.98 Å². The number of hydrogen-bond donors (Lipinski definition) is 0. The molecule has 8 heteroatoms. The molecule has 0 unspecified atom stereocenters. The maximum atomic E-state index is 12.7. The van der Waals surface area contributed by atoms with Gasteiger partial charge in [-0.25, -0.2) is 4.98 Å². The molecule has 1 aromatic rings. The second-order valence-corrected chi connectivity index (χ2v) is 4.95. The van der Waals surface area contributed by atoms with Gasteiger partial charge < -0.3 is 14.5 Å². The van der Waals surface area contributed by atoms with E-state index in [-0.39, 0.29) is 19.1 Å². The average Bonchev–Trinajstić information content (AvgIpc) is 2.46. The SMILES string of the molecule is CN(C)C(=O)c1ccc(N2CCO[C@@H](C(F)(F)F)C2)nc1. The van der Waals surface area contributed by atoms with Crippen LogP contribution in [0.2, 0.25) is 0 Å². The third-order valence-corrected chi connectivity index (χ3v) is 3.16. The molecular weight excluding hydrogens is 287 g/mol. The quantitative estimate of drug-likeness (QED) is 0.831. The zero-order chi connectivity index (χ0) is 15.6. The minimum Gasteiger partial charge on any atom is -0.365 e. The molecule has 0 N–H and O–H groups in total. The van der Waals surface area contributed by atoms with Crippen LogP contribution in [0.15, 0.2) is 18.3 Å². The van der Waals surface area contributed by atoms with E-state index in [1.54, 1.807) is 26.2 Å². The van der Waals surface area contributed by atoms with Crippen LogP contribution >= 0.6 is 0 Å². The summed E-state index contributed by atoms with van der Waals surface area (Å²) in [5, 5.41) is 0. The molecule has 1 aliphatic rings. The van der Waals surface area contributed by atoms with Crippen LogP contribution < -0.4 is 4.90 Å². The molecule has 1 amide bonds. The second-order valence-electron chi connectivity index (χ2n) is 4.95. The standard InChI is InChI=1S/C13H16F3N3O2/c1-18(2)12(20)9-3-4-11(17-7-9)19-5-6-21-10(8-19)13(14,15)16/h3-4,7,10H,5-6,8H2,1-2H3/t10-/m1/s1. The molecule has 5 nitrogen and oxygen atoms in total. The van der Waals surface area contributed by atoms with E-state index < -0.39 is 12.3 Å². The first-order valence-corrected chi connectivity index (χ1v) is 6.40. The largest absolute Gasteiger partial charge is 0.416 e. The van der Waals surface area contributed by atoms with E-state index >= 15 is 0 Å². The molecule has 1 aliphatic heterocycles. The number of pyridine rings is 1. The van der Waals surface area contributed by atoms with E-state index in [9.17, 15) is 18.0 Å². The van der Waals surface area contributed by atoms with Crippen molar-refractivity contribution in [3.8, 4) is 0 Å². The van der Waals surface area contributed by atoms with E-state index in [4.69, 9.17) is 4.74 Å². The lowest BCUT2D eigenvalue weighted by Gasteiger charge is -2.34. The van der Waals surface area contributed by atoms with Crippen LogP contribution in [0, 0.1) is 0 Å². The summed E-state index contributed by atoms with van der Waals surface area (Å²) in [6.45, 7) is 0.0300. The fourth-order valence-electron chi connectivity index (χ4n) is 2.01. The fourth-order valence-corrected chi connectivity index (χ4v) is 2.01. The smallest absolute Gasteiger partial charge is 0.365 e. The molecule has 116 valence electrons. The Labute approximate surface area is 120 Å². The van der Waals surface area contributed by atoms with Crippen molar-refractivity contribution in [3.63, 3.8) is 0 Å². The number of ether oxygens (including phenoxy) is 1. The number of carbonyl (C=O) groups is 1. The molecule has 0 spiro atoms. The number of hydrogen-bond acceptors (Lipinski definition) is 4. The predicted molar refractivity (Wildman–Crippen MR) is 70.3 cm³/mol. The molecule has 2 heterocycles. The fraction of sp³-hybridized carbons (Fsp3) is 0.538. The van der Waals surface area contributed by atoms with E-state index in [0.29, 0.717) is 17.9 Å². The molecule has 0 radical (unpaired) electrons. The maximum absolute atomic E-state index is 12.7. The van der Waals surface area contributed by atoms with Gasteiger partial charge in [-0.1, -0.05) is 0 Å². The van der Waals surface area contributed by atoms with Crippen LogP contribution in [0.25, 0.3) is 0 Å². The number of halogens is 3. The van der Waals surface area contributed by atoms with Crippen LogP contribution in [-0.4, -0.2) is 61.9 Å². The van der Waals surface area contributed by atoms with Gasteiger partial charge in [0.1, 0.15) is 5.82 Å². The zero-order valence-corrected chi connectivity index (χ0v) is 11.7. The van der Waals surface area contributed by atoms with Gasteiger partial charge in [-0.15, -0.1) is 0 Å². The Morgan fingerprint density at radius 2 is 2.14 bits per heavy atom. The summed E-state index contributed by atoms with van der Waals surface area (Å²) in [4.78, 5) is 18.7. The molecular formula is C13H16F3N3O2. The average molecular weight is 303 g/mol. The van der Waals surface area contributed by atoms with E-state index in [1.165, 1.54) is 16.0 Å². The van der Waals surface area contributed by atoms with Gasteiger partial charge in [0, 0.05) is 26.8 Å². The maximum Gasteiger partial charge on any atom is 0.416 e. The predicted octanol–water partition coefficient (Wildman–Crippen LogP) is 1.55. The molecule has 1 aromatic heterocycles. The van der Waals surface area contributed by atoms with Crippen molar-refractivity contribution in [2.75, 3.05) is 38.7 Å². The number of aromatic nitrogens is 1. The lowest BCUT2D eigenvalue weighted by molar-refractivity contribution is -0.221. The molecule has 1 saturated heterocycles. The van der Waals surface area contributed by atoms with Crippen molar-refractivity contribution in [1.82, 2.24) is 9.88 Å². The second kappa shape index (κ2) is 5.88. The normalized spacial score (nSPS) is 19.5. The Bertz CT molecular complexity index is 502. The Kier molecular flexibility index (Phi) is 4.36. The van der Waals surface area contributed by atoms with Gasteiger partial charge in [0.25, 0.3) is 5.91 Å².